The zero-order valence-electron chi connectivity index (χ0n) is 27.2. The fourth-order valence-electron chi connectivity index (χ4n) is 4.61. The summed E-state index contributed by atoms with van der Waals surface area (Å²) >= 11 is 0. The van der Waals surface area contributed by atoms with Crippen LogP contribution in [0.15, 0.2) is 0 Å². The highest BCUT2D eigenvalue weighted by Gasteiger charge is 2.20. The molecule has 0 aromatic rings. The van der Waals surface area contributed by atoms with Gasteiger partial charge in [0.1, 0.15) is 15.1 Å². The van der Waals surface area contributed by atoms with Gasteiger partial charge in [0.05, 0.1) is 13.8 Å². The number of unbranched alkanes of at least 4 members (excludes halogenated alkanes) is 14. The summed E-state index contributed by atoms with van der Waals surface area (Å²) in [5, 5.41) is 5.81. The highest BCUT2D eigenvalue weighted by molar-refractivity contribution is 7.91. The number of amides is 2. The Morgan fingerprint density at radius 3 is 2.05 bits per heavy atom. The lowest BCUT2D eigenvalue weighted by Gasteiger charge is -2.22. The van der Waals surface area contributed by atoms with E-state index in [0.717, 1.165) is 46.1 Å². The first-order valence-corrected chi connectivity index (χ1v) is 20.7. The summed E-state index contributed by atoms with van der Waals surface area (Å²) in [5.74, 6) is -0.308. The van der Waals surface area contributed by atoms with E-state index in [1.807, 2.05) is 6.66 Å². The Kier molecular flexibility index (Phi) is 25.2. The molecule has 11 heteroatoms. The summed E-state index contributed by atoms with van der Waals surface area (Å²) in [4.78, 5) is 25.4. The van der Waals surface area contributed by atoms with Crippen molar-refractivity contribution >= 4 is 51.2 Å². The molecule has 4 atom stereocenters. The molecule has 0 saturated carbocycles. The summed E-state index contributed by atoms with van der Waals surface area (Å²) in [6, 6.07) is -0.410. The Morgan fingerprint density at radius 1 is 0.974 bits per heavy atom. The van der Waals surface area contributed by atoms with E-state index in [0.29, 0.717) is 6.42 Å². The second-order valence-electron chi connectivity index (χ2n) is 10.8. The van der Waals surface area contributed by atoms with Crippen molar-refractivity contribution < 1.29 is 18.6 Å². The molecule has 0 aliphatic heterocycles. The van der Waals surface area contributed by atoms with Gasteiger partial charge in [-0.1, -0.05) is 110 Å². The second-order valence-corrected chi connectivity index (χ2v) is 15.8. The smallest absolute Gasteiger partial charge is 0.292 e. The highest BCUT2D eigenvalue weighted by Crippen LogP contribution is 2.30. The predicted molar refractivity (Wildman–Crippen MR) is 174 cm³/mol. The molecule has 0 aliphatic carbocycles. The van der Waals surface area contributed by atoms with E-state index in [1.54, 1.807) is 0 Å². The van der Waals surface area contributed by atoms with Crippen molar-refractivity contribution in [1.29, 1.82) is 2.61 Å². The third-order valence-corrected chi connectivity index (χ3v) is 10.0. The van der Waals surface area contributed by atoms with Gasteiger partial charge in [0.15, 0.2) is 0 Å². The maximum absolute atomic E-state index is 12.7. The molecule has 0 fully saturated rings. The zero-order chi connectivity index (χ0) is 30.7. The van der Waals surface area contributed by atoms with Crippen LogP contribution in [0, 0.1) is 0 Å². The topological polar surface area (TPSA) is 84.5 Å². The van der Waals surface area contributed by atoms with Crippen molar-refractivity contribution in [3.05, 3.63) is 0 Å². The summed E-state index contributed by atoms with van der Waals surface area (Å²) < 4.78 is 33.5. The number of rotatable bonds is 29. The van der Waals surface area contributed by atoms with Crippen molar-refractivity contribution in [1.82, 2.24) is 10.6 Å². The molecule has 0 bridgehead atoms. The molecule has 223 valence electrons. The summed E-state index contributed by atoms with van der Waals surface area (Å²) in [7, 11) is 1.62. The van der Waals surface area contributed by atoms with Gasteiger partial charge in [0.25, 0.3) is 8.35 Å². The highest BCUT2D eigenvalue weighted by atomic mass is 31.3. The molecule has 2 amide bonds. The number of hydrogen-bond acceptors (Lipinski definition) is 4. The van der Waals surface area contributed by atoms with Crippen LogP contribution in [0.1, 0.15) is 136 Å². The normalized spacial score (nSPS) is 14.9. The van der Waals surface area contributed by atoms with Gasteiger partial charge in [0, 0.05) is 25.1 Å². The number of carbonyl (C=O) groups is 2. The fraction of sp³-hybridized carbons (Fsp3) is 0.929. The van der Waals surface area contributed by atoms with Crippen LogP contribution in [0.25, 0.3) is 0 Å². The summed E-state index contributed by atoms with van der Waals surface area (Å²) in [5.41, 5.74) is 0. The Hall–Kier alpha value is -0.0932. The maximum Gasteiger partial charge on any atom is 0.292 e. The summed E-state index contributed by atoms with van der Waals surface area (Å²) in [6.07, 6.45) is 20.1. The van der Waals surface area contributed by atoms with E-state index in [2.05, 4.69) is 24.5 Å². The van der Waals surface area contributed by atoms with Crippen LogP contribution in [-0.2, 0) is 18.6 Å². The third-order valence-electron chi connectivity index (χ3n) is 6.84. The third kappa shape index (κ3) is 26.5. The van der Waals surface area contributed by atoms with Gasteiger partial charge in [-0.3, -0.25) is 9.59 Å². The minimum absolute atomic E-state index is 0.111. The molecule has 0 aromatic carbocycles. The maximum atomic E-state index is 12.7. The average Bonchev–Trinajstić information content (AvgIpc) is 2.93. The van der Waals surface area contributed by atoms with Crippen molar-refractivity contribution in [3.63, 3.8) is 0 Å². The molecule has 0 heterocycles. The molecule has 6 nitrogen and oxygen atoms in total. The molecule has 39 heavy (non-hydrogen) atoms. The van der Waals surface area contributed by atoms with Crippen LogP contribution >= 0.6 is 16.0 Å². The van der Waals surface area contributed by atoms with E-state index < -0.39 is 30.4 Å². The molecular weight excluding hydrogens is 540 g/mol. The minimum atomic E-state index is -2.38. The average molecular weight is 600 g/mol. The lowest BCUT2D eigenvalue weighted by atomic mass is 10.1. The first kappa shape index (κ1) is 35.1. The number of nitrogens with one attached hydrogen (secondary N) is 2. The van der Waals surface area contributed by atoms with Crippen LogP contribution in [0.5, 0.6) is 0 Å². The standard InChI is InChI=1S/C28H57B2N2O4P2Si/c1-4-6-8-10-11-12-13-14-15-17-19-21-27(33)32-25(24-39(35)37-29)23-31-28(34)22-26(36-38(3)30)20-18-16-9-7-5-2/h25-26,29,37H,4-24H2,1-3H3,(H,31,34)(H,32,33)/t25-,26-,37?,38?/m1/s1/i29T,37D. The summed E-state index contributed by atoms with van der Waals surface area (Å²) in [6.45, 7) is 6.38. The Balaban J connectivity index is 4.57. The lowest BCUT2D eigenvalue weighted by Crippen LogP contribution is -2.44. The van der Waals surface area contributed by atoms with Gasteiger partial charge in [-0.25, -0.2) is 0 Å². The van der Waals surface area contributed by atoms with E-state index in [4.69, 9.17) is 14.7 Å². The quantitative estimate of drug-likeness (QED) is 0.0553. The molecule has 0 rings (SSSR count). The Labute approximate surface area is 250 Å². The van der Waals surface area contributed by atoms with Crippen molar-refractivity contribution in [2.75, 3.05) is 13.2 Å². The fourth-order valence-corrected chi connectivity index (χ4v) is 7.01. The zero-order valence-corrected chi connectivity index (χ0v) is 28.0. The van der Waals surface area contributed by atoms with Crippen LogP contribution < -0.4 is 10.6 Å². The van der Waals surface area contributed by atoms with Gasteiger partial charge in [-0.15, -0.1) is 7.95 Å². The SMILES string of the molecule is [2H]P([B][3H])[Si](=O)C[C@@H](CNC(=O)C[C@@H](CCCCCCC)OP([B])C)NC(=O)CCCCCCCCCCCCC. The molecule has 3 radical (unpaired) electrons. The largest absolute Gasteiger partial charge is 0.384 e. The van der Waals surface area contributed by atoms with E-state index >= 15 is 0 Å². The molecule has 2 unspecified atom stereocenters. The predicted octanol–water partition coefficient (Wildman–Crippen LogP) is 6.95. The van der Waals surface area contributed by atoms with Gasteiger partial charge in [-0.05, 0) is 28.9 Å². The lowest BCUT2D eigenvalue weighted by molar-refractivity contribution is -0.124. The molecule has 0 saturated heterocycles. The molecule has 0 aromatic heterocycles. The first-order valence-electron chi connectivity index (χ1n) is 16.5. The second kappa shape index (κ2) is 28.0. The minimum Gasteiger partial charge on any atom is -0.384 e. The van der Waals surface area contributed by atoms with Crippen LogP contribution in [0.4, 0.5) is 0 Å². The molecule has 0 spiro atoms. The molecular formula is C28H57B2N2O4P2Si. The van der Waals surface area contributed by atoms with Gasteiger partial charge in [-0.2, -0.15) is 0 Å². The Morgan fingerprint density at radius 2 is 1.51 bits per heavy atom. The monoisotopic (exact) mass is 600 g/mol. The number of carbonyl (C=O) groups excluding carboxylic acids is 2. The van der Waals surface area contributed by atoms with E-state index in [9.17, 15) is 14.1 Å². The molecule has 0 aliphatic rings. The van der Waals surface area contributed by atoms with Crippen LogP contribution in [-0.4, -0.2) is 63.2 Å². The van der Waals surface area contributed by atoms with E-state index in [1.165, 1.54) is 70.6 Å². The molecule has 2 N–H and O–H groups in total. The van der Waals surface area contributed by atoms with Crippen molar-refractivity contribution in [3.8, 4) is 0 Å². The van der Waals surface area contributed by atoms with Crippen LogP contribution in [0.2, 0.25) is 6.04 Å². The van der Waals surface area contributed by atoms with Crippen molar-refractivity contribution in [2.24, 2.45) is 0 Å². The first-order chi connectivity index (χ1) is 19.7. The van der Waals surface area contributed by atoms with Gasteiger partial charge >= 0.3 is 0 Å². The van der Waals surface area contributed by atoms with Gasteiger partial charge in [0.2, 0.25) is 11.8 Å². The number of hydrogen-bond donors (Lipinski definition) is 2. The van der Waals surface area contributed by atoms with Crippen molar-refractivity contribution in [2.45, 2.75) is 154 Å². The van der Waals surface area contributed by atoms with E-state index in [-0.39, 0.29) is 36.9 Å². The van der Waals surface area contributed by atoms with Gasteiger partial charge < -0.3 is 19.6 Å². The Bertz CT molecular complexity index is 691. The van der Waals surface area contributed by atoms with Crippen LogP contribution in [0.3, 0.4) is 0 Å².